The molecule has 7 nitrogen and oxygen atoms in total. The average molecular weight is 463 g/mol. The molecule has 3 aliphatic rings. The number of amides is 2. The molecule has 1 saturated heterocycles. The number of nitrogens with zero attached hydrogens (tertiary/aromatic N) is 1. The number of carboxylic acid groups (broad SMARTS) is 1. The van der Waals surface area contributed by atoms with Gasteiger partial charge in [-0.3, -0.25) is 9.59 Å². The fourth-order valence-corrected chi connectivity index (χ4v) is 5.75. The number of nitrogens with one attached hydrogen (secondary N) is 1. The summed E-state index contributed by atoms with van der Waals surface area (Å²) in [6, 6.07) is 16.4. The standard InChI is InChI=1S/C27H30N2O5/c30-25(29-13-11-17(12-14-29)26(31)32)18-9-10-19(15-18)28-27(33)34-16-24-22-7-3-1-5-20(22)21-6-2-4-8-23(21)24/h1-8,17-19,24H,9-16H2,(H,28,33)(H,31,32). The summed E-state index contributed by atoms with van der Waals surface area (Å²) in [5.41, 5.74) is 4.73. The molecule has 7 heteroatoms. The van der Waals surface area contributed by atoms with Crippen molar-refractivity contribution in [2.75, 3.05) is 19.7 Å². The van der Waals surface area contributed by atoms with Gasteiger partial charge in [-0.2, -0.15) is 0 Å². The SMILES string of the molecule is O=C(NC1CCC(C(=O)N2CCC(C(=O)O)CC2)C1)OCC1c2ccccc2-c2ccccc21. The van der Waals surface area contributed by atoms with E-state index in [1.165, 1.54) is 22.3 Å². The van der Waals surface area contributed by atoms with Gasteiger partial charge in [0.05, 0.1) is 5.92 Å². The van der Waals surface area contributed by atoms with Gasteiger partial charge in [0, 0.05) is 31.0 Å². The number of likely N-dealkylation sites (tertiary alicyclic amines) is 1. The largest absolute Gasteiger partial charge is 0.481 e. The van der Waals surface area contributed by atoms with E-state index in [1.807, 2.05) is 24.3 Å². The molecule has 34 heavy (non-hydrogen) atoms. The van der Waals surface area contributed by atoms with Crippen LogP contribution in [-0.4, -0.2) is 53.7 Å². The van der Waals surface area contributed by atoms with Crippen molar-refractivity contribution in [3.8, 4) is 11.1 Å². The maximum Gasteiger partial charge on any atom is 0.407 e. The van der Waals surface area contributed by atoms with Crippen LogP contribution in [0.1, 0.15) is 49.1 Å². The van der Waals surface area contributed by atoms with Crippen LogP contribution in [0, 0.1) is 11.8 Å². The topological polar surface area (TPSA) is 95.9 Å². The Kier molecular flexibility index (Phi) is 6.26. The average Bonchev–Trinajstić information content (AvgIpc) is 3.45. The third-order valence-corrected chi connectivity index (χ3v) is 7.60. The number of benzene rings is 2. The van der Waals surface area contributed by atoms with Crippen LogP contribution in [0.5, 0.6) is 0 Å². The van der Waals surface area contributed by atoms with Gasteiger partial charge >= 0.3 is 12.1 Å². The highest BCUT2D eigenvalue weighted by Crippen LogP contribution is 2.44. The Morgan fingerprint density at radius 3 is 2.12 bits per heavy atom. The van der Waals surface area contributed by atoms with Crippen LogP contribution in [0.3, 0.4) is 0 Å². The summed E-state index contributed by atoms with van der Waals surface area (Å²) in [4.78, 5) is 38.4. The van der Waals surface area contributed by atoms with Crippen molar-refractivity contribution in [2.24, 2.45) is 11.8 Å². The van der Waals surface area contributed by atoms with E-state index < -0.39 is 12.1 Å². The van der Waals surface area contributed by atoms with Crippen molar-refractivity contribution in [1.82, 2.24) is 10.2 Å². The molecule has 2 aromatic rings. The van der Waals surface area contributed by atoms with E-state index in [1.54, 1.807) is 4.90 Å². The molecule has 1 heterocycles. The number of ether oxygens (including phenoxy) is 1. The van der Waals surface area contributed by atoms with E-state index in [2.05, 4.69) is 29.6 Å². The minimum Gasteiger partial charge on any atom is -0.481 e. The normalized spacial score (nSPS) is 22.2. The number of carbonyl (C=O) groups is 3. The molecule has 0 bridgehead atoms. The van der Waals surface area contributed by atoms with Crippen LogP contribution in [0.2, 0.25) is 0 Å². The fraction of sp³-hybridized carbons (Fsp3) is 0.444. The monoisotopic (exact) mass is 462 g/mol. The first-order valence-corrected chi connectivity index (χ1v) is 12.1. The minimum atomic E-state index is -0.777. The van der Waals surface area contributed by atoms with Crippen molar-refractivity contribution >= 4 is 18.0 Å². The molecule has 2 amide bonds. The molecular formula is C27H30N2O5. The van der Waals surface area contributed by atoms with Gasteiger partial charge in [-0.25, -0.2) is 4.79 Å². The Hall–Kier alpha value is -3.35. The summed E-state index contributed by atoms with van der Waals surface area (Å²) >= 11 is 0. The number of alkyl carbamates (subject to hydrolysis) is 1. The summed E-state index contributed by atoms with van der Waals surface area (Å²) in [6.07, 6.45) is 2.65. The minimum absolute atomic E-state index is 0.0183. The van der Waals surface area contributed by atoms with E-state index in [0.717, 1.165) is 12.8 Å². The fourth-order valence-electron chi connectivity index (χ4n) is 5.75. The molecule has 0 spiro atoms. The second-order valence-electron chi connectivity index (χ2n) is 9.61. The summed E-state index contributed by atoms with van der Waals surface area (Å²) in [5, 5.41) is 12.1. The Balaban J connectivity index is 1.12. The van der Waals surface area contributed by atoms with Gasteiger partial charge in [0.2, 0.25) is 5.91 Å². The zero-order valence-corrected chi connectivity index (χ0v) is 19.1. The summed E-state index contributed by atoms with van der Waals surface area (Å²) in [6.45, 7) is 1.26. The number of aliphatic carboxylic acids is 1. The molecule has 178 valence electrons. The third-order valence-electron chi connectivity index (χ3n) is 7.60. The Labute approximate surface area is 199 Å². The van der Waals surface area contributed by atoms with Crippen LogP contribution in [-0.2, 0) is 14.3 Å². The van der Waals surface area contributed by atoms with E-state index in [-0.39, 0.29) is 36.3 Å². The van der Waals surface area contributed by atoms with Crippen LogP contribution in [0.25, 0.3) is 11.1 Å². The molecule has 0 aromatic heterocycles. The zero-order chi connectivity index (χ0) is 23.7. The van der Waals surface area contributed by atoms with Crippen molar-refractivity contribution in [3.05, 3.63) is 59.7 Å². The van der Waals surface area contributed by atoms with Gasteiger partial charge < -0.3 is 20.1 Å². The highest BCUT2D eigenvalue weighted by molar-refractivity contribution is 5.80. The molecule has 2 N–H and O–H groups in total. The number of hydrogen-bond donors (Lipinski definition) is 2. The smallest absolute Gasteiger partial charge is 0.407 e. The zero-order valence-electron chi connectivity index (χ0n) is 19.1. The quantitative estimate of drug-likeness (QED) is 0.700. The summed E-state index contributed by atoms with van der Waals surface area (Å²) in [5.74, 6) is -1.15. The molecule has 5 rings (SSSR count). The molecular weight excluding hydrogens is 432 g/mol. The first kappa shape index (κ1) is 22.4. The van der Waals surface area contributed by atoms with Crippen molar-refractivity contribution in [2.45, 2.75) is 44.1 Å². The highest BCUT2D eigenvalue weighted by Gasteiger charge is 2.36. The van der Waals surface area contributed by atoms with E-state index in [9.17, 15) is 14.4 Å². The van der Waals surface area contributed by atoms with E-state index >= 15 is 0 Å². The van der Waals surface area contributed by atoms with E-state index in [4.69, 9.17) is 9.84 Å². The van der Waals surface area contributed by atoms with Crippen LogP contribution in [0.4, 0.5) is 4.79 Å². The van der Waals surface area contributed by atoms with Crippen molar-refractivity contribution in [3.63, 3.8) is 0 Å². The summed E-state index contributed by atoms with van der Waals surface area (Å²) < 4.78 is 5.65. The molecule has 1 saturated carbocycles. The highest BCUT2D eigenvalue weighted by atomic mass is 16.5. The maximum atomic E-state index is 12.9. The second kappa shape index (κ2) is 9.49. The second-order valence-corrected chi connectivity index (χ2v) is 9.61. The molecule has 0 radical (unpaired) electrons. The predicted octanol–water partition coefficient (Wildman–Crippen LogP) is 4.02. The predicted molar refractivity (Wildman–Crippen MR) is 126 cm³/mol. The lowest BCUT2D eigenvalue weighted by atomic mass is 9.95. The Bertz CT molecular complexity index is 1050. The Morgan fingerprint density at radius 1 is 0.882 bits per heavy atom. The first-order chi connectivity index (χ1) is 16.5. The lowest BCUT2D eigenvalue weighted by Crippen LogP contribution is -2.43. The number of carbonyl (C=O) groups excluding carboxylic acids is 2. The third kappa shape index (κ3) is 4.39. The van der Waals surface area contributed by atoms with Crippen LogP contribution >= 0.6 is 0 Å². The van der Waals surface area contributed by atoms with Gasteiger partial charge in [0.15, 0.2) is 0 Å². The van der Waals surface area contributed by atoms with Gasteiger partial charge in [0.25, 0.3) is 0 Å². The van der Waals surface area contributed by atoms with Gasteiger partial charge in [-0.1, -0.05) is 48.5 Å². The molecule has 2 unspecified atom stereocenters. The number of carboxylic acids is 1. The van der Waals surface area contributed by atoms with E-state index in [0.29, 0.717) is 32.4 Å². The van der Waals surface area contributed by atoms with Crippen LogP contribution < -0.4 is 5.32 Å². The molecule has 2 aromatic carbocycles. The first-order valence-electron chi connectivity index (χ1n) is 12.1. The maximum absolute atomic E-state index is 12.9. The number of rotatable bonds is 5. The number of hydrogen-bond acceptors (Lipinski definition) is 4. The van der Waals surface area contributed by atoms with Crippen molar-refractivity contribution in [1.29, 1.82) is 0 Å². The number of piperidine rings is 1. The molecule has 1 aliphatic heterocycles. The van der Waals surface area contributed by atoms with Gasteiger partial charge in [0.1, 0.15) is 6.61 Å². The number of fused-ring (bicyclic) bond motifs is 3. The lowest BCUT2D eigenvalue weighted by molar-refractivity contribution is -0.146. The molecule has 2 atom stereocenters. The lowest BCUT2D eigenvalue weighted by Gasteiger charge is -2.32. The van der Waals surface area contributed by atoms with Gasteiger partial charge in [-0.05, 0) is 54.4 Å². The summed E-state index contributed by atoms with van der Waals surface area (Å²) in [7, 11) is 0. The van der Waals surface area contributed by atoms with Crippen molar-refractivity contribution < 1.29 is 24.2 Å². The van der Waals surface area contributed by atoms with Crippen LogP contribution in [0.15, 0.2) is 48.5 Å². The molecule has 2 aliphatic carbocycles. The molecule has 2 fully saturated rings. The van der Waals surface area contributed by atoms with Gasteiger partial charge in [-0.15, -0.1) is 0 Å². The Morgan fingerprint density at radius 2 is 1.50 bits per heavy atom.